The second-order valence-corrected chi connectivity index (χ2v) is 8.51. The van der Waals surface area contributed by atoms with Crippen LogP contribution in [0.1, 0.15) is 31.9 Å². The topological polar surface area (TPSA) is 125 Å². The van der Waals surface area contributed by atoms with E-state index in [4.69, 9.17) is 10.3 Å². The average Bonchev–Trinajstić information content (AvgIpc) is 2.59. The predicted molar refractivity (Wildman–Crippen MR) is 105 cm³/mol. The van der Waals surface area contributed by atoms with Crippen LogP contribution in [-0.4, -0.2) is 51.2 Å². The van der Waals surface area contributed by atoms with Crippen LogP contribution in [0.4, 0.5) is 14.4 Å². The Morgan fingerprint density at radius 1 is 1.28 bits per heavy atom. The van der Waals surface area contributed by atoms with Crippen molar-refractivity contribution in [1.29, 1.82) is 0 Å². The first-order chi connectivity index (χ1) is 13.4. The van der Waals surface area contributed by atoms with Crippen LogP contribution >= 0.6 is 0 Å². The molecule has 1 fully saturated rings. The summed E-state index contributed by atoms with van der Waals surface area (Å²) >= 11 is 0. The van der Waals surface area contributed by atoms with Gasteiger partial charge in [0.2, 0.25) is 0 Å². The lowest BCUT2D eigenvalue weighted by atomic mass is 10.1. The van der Waals surface area contributed by atoms with Crippen LogP contribution in [0, 0.1) is 6.92 Å². The number of amides is 1. The predicted octanol–water partition coefficient (Wildman–Crippen LogP) is 3.46. The van der Waals surface area contributed by atoms with Crippen molar-refractivity contribution in [2.45, 2.75) is 39.8 Å². The van der Waals surface area contributed by atoms with E-state index in [-0.39, 0.29) is 12.3 Å². The molecule has 1 saturated heterocycles. The normalized spacial score (nSPS) is 14.9. The molecule has 10 nitrogen and oxygen atoms in total. The molecule has 12 heteroatoms. The van der Waals surface area contributed by atoms with Crippen molar-refractivity contribution in [2.24, 2.45) is 5.11 Å². The Morgan fingerprint density at radius 2 is 1.90 bits per heavy atom. The van der Waals surface area contributed by atoms with Crippen LogP contribution in [-0.2, 0) is 21.8 Å². The highest BCUT2D eigenvalue weighted by Gasteiger charge is 2.27. The first kappa shape index (κ1) is 22.6. The summed E-state index contributed by atoms with van der Waals surface area (Å²) in [5, 5.41) is 3.46. The lowest BCUT2D eigenvalue weighted by molar-refractivity contribution is 0.0240. The molecule has 1 aliphatic heterocycles. The molecule has 0 aromatic heterocycles. The van der Waals surface area contributed by atoms with Gasteiger partial charge in [0.15, 0.2) is 5.75 Å². The van der Waals surface area contributed by atoms with Crippen LogP contribution in [0.25, 0.3) is 10.4 Å². The standard InChI is InChI=1S/C17H24FN5O5S/c1-12-14(9-13(11-20-21-19)10-15(12)28-29(18,25)26)22-5-7-23(8-6-22)16(24)27-17(2,3)4/h9-10H,5-8,11H2,1-4H3. The van der Waals surface area contributed by atoms with Crippen LogP contribution in [0.3, 0.4) is 0 Å². The quantitative estimate of drug-likeness (QED) is 0.305. The molecule has 1 aromatic rings. The maximum atomic E-state index is 13.1. The van der Waals surface area contributed by atoms with Gasteiger partial charge in [-0.05, 0) is 50.9 Å². The van der Waals surface area contributed by atoms with E-state index in [2.05, 4.69) is 14.2 Å². The zero-order valence-electron chi connectivity index (χ0n) is 16.8. The van der Waals surface area contributed by atoms with E-state index in [9.17, 15) is 17.1 Å². The maximum Gasteiger partial charge on any atom is 0.488 e. The monoisotopic (exact) mass is 429 g/mol. The highest BCUT2D eigenvalue weighted by Crippen LogP contribution is 2.33. The van der Waals surface area contributed by atoms with Crippen molar-refractivity contribution in [3.8, 4) is 5.75 Å². The van der Waals surface area contributed by atoms with Gasteiger partial charge in [-0.1, -0.05) is 9.00 Å². The number of halogens is 1. The van der Waals surface area contributed by atoms with Gasteiger partial charge in [0.05, 0.1) is 6.54 Å². The Balaban J connectivity index is 2.24. The minimum absolute atomic E-state index is 0.0512. The molecular weight excluding hydrogens is 405 g/mol. The Morgan fingerprint density at radius 3 is 2.41 bits per heavy atom. The van der Waals surface area contributed by atoms with Crippen LogP contribution in [0.15, 0.2) is 17.2 Å². The largest absolute Gasteiger partial charge is 0.488 e. The summed E-state index contributed by atoms with van der Waals surface area (Å²) in [6, 6.07) is 3.05. The SMILES string of the molecule is Cc1c(OS(=O)(=O)F)cc(CN=[N+]=[N-])cc1N1CCN(C(=O)OC(C)(C)C)CC1. The second kappa shape index (κ2) is 8.75. The Labute approximate surface area is 169 Å². The van der Waals surface area contributed by atoms with E-state index in [1.54, 1.807) is 38.7 Å². The van der Waals surface area contributed by atoms with Crippen molar-refractivity contribution in [2.75, 3.05) is 31.1 Å². The fraction of sp³-hybridized carbons (Fsp3) is 0.588. The lowest BCUT2D eigenvalue weighted by Gasteiger charge is -2.37. The van der Waals surface area contributed by atoms with E-state index in [0.29, 0.717) is 43.0 Å². The van der Waals surface area contributed by atoms with Gasteiger partial charge in [0.25, 0.3) is 0 Å². The molecule has 1 heterocycles. The van der Waals surface area contributed by atoms with Crippen molar-refractivity contribution in [3.63, 3.8) is 0 Å². The summed E-state index contributed by atoms with van der Waals surface area (Å²) < 4.78 is 44.8. The number of hydrogen-bond acceptors (Lipinski definition) is 7. The van der Waals surface area contributed by atoms with E-state index in [1.165, 1.54) is 6.07 Å². The van der Waals surface area contributed by atoms with Gasteiger partial charge >= 0.3 is 16.6 Å². The molecule has 0 aliphatic carbocycles. The van der Waals surface area contributed by atoms with Crippen LogP contribution < -0.4 is 9.08 Å². The number of hydrogen-bond donors (Lipinski definition) is 0. The highest BCUT2D eigenvalue weighted by molar-refractivity contribution is 7.81. The van der Waals surface area contributed by atoms with Crippen molar-refractivity contribution in [1.82, 2.24) is 4.90 Å². The molecule has 1 amide bonds. The maximum absolute atomic E-state index is 13.1. The van der Waals surface area contributed by atoms with Gasteiger partial charge in [-0.25, -0.2) is 4.79 Å². The average molecular weight is 429 g/mol. The smallest absolute Gasteiger partial charge is 0.444 e. The Bertz CT molecular complexity index is 917. The minimum Gasteiger partial charge on any atom is -0.444 e. The van der Waals surface area contributed by atoms with E-state index in [0.717, 1.165) is 0 Å². The first-order valence-corrected chi connectivity index (χ1v) is 10.2. The number of rotatable bonds is 5. The first-order valence-electron chi connectivity index (χ1n) is 8.91. The number of carbonyl (C=O) groups is 1. The molecular formula is C17H24FN5O5S. The minimum atomic E-state index is -5.21. The molecule has 0 atom stereocenters. The Kier molecular flexibility index (Phi) is 6.81. The summed E-state index contributed by atoms with van der Waals surface area (Å²) in [6.07, 6.45) is -0.404. The lowest BCUT2D eigenvalue weighted by Crippen LogP contribution is -2.50. The molecule has 1 aromatic carbocycles. The fourth-order valence-electron chi connectivity index (χ4n) is 2.91. The molecule has 2 rings (SSSR count). The summed E-state index contributed by atoms with van der Waals surface area (Å²) in [5.74, 6) is -0.178. The number of carbonyl (C=O) groups excluding carboxylic acids is 1. The number of anilines is 1. The summed E-state index contributed by atoms with van der Waals surface area (Å²) in [5.41, 5.74) is 9.43. The third-order valence-electron chi connectivity index (χ3n) is 4.17. The zero-order chi connectivity index (χ0) is 21.8. The van der Waals surface area contributed by atoms with Gasteiger partial charge in [0, 0.05) is 42.3 Å². The van der Waals surface area contributed by atoms with Crippen molar-refractivity contribution in [3.05, 3.63) is 33.7 Å². The van der Waals surface area contributed by atoms with Gasteiger partial charge in [-0.15, -0.1) is 0 Å². The van der Waals surface area contributed by atoms with Gasteiger partial charge < -0.3 is 18.7 Å². The van der Waals surface area contributed by atoms with Crippen LogP contribution in [0.2, 0.25) is 0 Å². The van der Waals surface area contributed by atoms with Gasteiger partial charge in [-0.3, -0.25) is 0 Å². The molecule has 0 radical (unpaired) electrons. The number of ether oxygens (including phenoxy) is 1. The molecule has 1 aliphatic rings. The summed E-state index contributed by atoms with van der Waals surface area (Å²) in [7, 11) is -5.21. The highest BCUT2D eigenvalue weighted by atomic mass is 32.3. The number of benzene rings is 1. The number of azide groups is 1. The number of nitrogens with zero attached hydrogens (tertiary/aromatic N) is 5. The molecule has 0 unspecified atom stereocenters. The summed E-state index contributed by atoms with van der Waals surface area (Å²) in [4.78, 5) is 18.4. The van der Waals surface area contributed by atoms with E-state index >= 15 is 0 Å². The Hall–Kier alpha value is -2.72. The molecule has 0 saturated carbocycles. The van der Waals surface area contributed by atoms with Gasteiger partial charge in [-0.2, -0.15) is 8.42 Å². The van der Waals surface area contributed by atoms with Gasteiger partial charge in [0.1, 0.15) is 5.60 Å². The van der Waals surface area contributed by atoms with Crippen molar-refractivity contribution < 1.29 is 26.0 Å². The van der Waals surface area contributed by atoms with E-state index < -0.39 is 22.2 Å². The molecule has 29 heavy (non-hydrogen) atoms. The third kappa shape index (κ3) is 6.68. The molecule has 0 spiro atoms. The second-order valence-electron chi connectivity index (χ2n) is 7.56. The third-order valence-corrected chi connectivity index (χ3v) is 4.55. The molecule has 0 N–H and O–H groups in total. The zero-order valence-corrected chi connectivity index (χ0v) is 17.6. The fourth-order valence-corrected chi connectivity index (χ4v) is 3.30. The molecule has 0 bridgehead atoms. The van der Waals surface area contributed by atoms with Crippen molar-refractivity contribution >= 4 is 22.3 Å². The summed E-state index contributed by atoms with van der Waals surface area (Å²) in [6.45, 7) is 8.62. The van der Waals surface area contributed by atoms with E-state index in [1.807, 2.05) is 4.90 Å². The van der Waals surface area contributed by atoms with Crippen LogP contribution in [0.5, 0.6) is 5.75 Å². The number of piperazine rings is 1. The molecule has 160 valence electrons.